The largest absolute Gasteiger partial charge is 0.397 e. The first-order chi connectivity index (χ1) is 14.5. The number of nitrogens with two attached hydrogens (primary N) is 1. The molecule has 6 nitrogen and oxygen atoms in total. The second kappa shape index (κ2) is 8.05. The van der Waals surface area contributed by atoms with E-state index in [1.165, 1.54) is 6.08 Å². The van der Waals surface area contributed by atoms with Crippen molar-refractivity contribution in [3.8, 4) is 0 Å². The van der Waals surface area contributed by atoms with E-state index in [1.54, 1.807) is 72.8 Å². The second-order valence-corrected chi connectivity index (χ2v) is 6.89. The molecule has 0 heterocycles. The Morgan fingerprint density at radius 1 is 0.833 bits per heavy atom. The topological polar surface area (TPSA) is 101 Å². The molecule has 0 bridgehead atoms. The Hall–Kier alpha value is -4.19. The summed E-state index contributed by atoms with van der Waals surface area (Å²) in [5, 5.41) is 5.81. The quantitative estimate of drug-likeness (QED) is 0.572. The van der Waals surface area contributed by atoms with Crippen LogP contribution in [-0.4, -0.2) is 17.5 Å². The fourth-order valence-corrected chi connectivity index (χ4v) is 3.22. The number of fused-ring (bicyclic) bond motifs is 1. The number of allylic oxidation sites excluding steroid dienone is 2. The van der Waals surface area contributed by atoms with E-state index in [0.29, 0.717) is 34.6 Å². The van der Waals surface area contributed by atoms with Gasteiger partial charge in [0.2, 0.25) is 5.78 Å². The highest BCUT2D eigenvalue weighted by molar-refractivity contribution is 6.24. The third-order valence-electron chi connectivity index (χ3n) is 4.87. The predicted octanol–water partition coefficient (Wildman–Crippen LogP) is 3.57. The van der Waals surface area contributed by atoms with E-state index in [2.05, 4.69) is 10.6 Å². The van der Waals surface area contributed by atoms with E-state index >= 15 is 0 Å². The molecule has 0 spiro atoms. The average Bonchev–Trinajstić information content (AvgIpc) is 2.77. The van der Waals surface area contributed by atoms with Crippen molar-refractivity contribution in [1.29, 1.82) is 0 Å². The van der Waals surface area contributed by atoms with Gasteiger partial charge in [-0.05, 0) is 29.8 Å². The summed E-state index contributed by atoms with van der Waals surface area (Å²) in [7, 11) is 0. The van der Waals surface area contributed by atoms with Gasteiger partial charge in [-0.25, -0.2) is 0 Å². The van der Waals surface area contributed by atoms with Crippen molar-refractivity contribution in [1.82, 2.24) is 5.32 Å². The Kier molecular flexibility index (Phi) is 5.13. The zero-order valence-electron chi connectivity index (χ0n) is 16.0. The number of ketones is 2. The van der Waals surface area contributed by atoms with E-state index in [1.807, 2.05) is 0 Å². The van der Waals surface area contributed by atoms with Crippen molar-refractivity contribution >= 4 is 28.8 Å². The van der Waals surface area contributed by atoms with Crippen molar-refractivity contribution < 1.29 is 14.4 Å². The number of nitrogens with one attached hydrogen (secondary N) is 2. The number of hydrogen-bond donors (Lipinski definition) is 3. The van der Waals surface area contributed by atoms with E-state index in [-0.39, 0.29) is 23.2 Å². The van der Waals surface area contributed by atoms with E-state index in [9.17, 15) is 14.4 Å². The molecule has 1 amide bonds. The molecule has 6 heteroatoms. The number of amides is 1. The van der Waals surface area contributed by atoms with Crippen LogP contribution in [0.15, 0.2) is 84.6 Å². The van der Waals surface area contributed by atoms with Crippen LogP contribution in [0, 0.1) is 0 Å². The molecule has 0 aromatic heterocycles. The van der Waals surface area contributed by atoms with Gasteiger partial charge in [-0.1, -0.05) is 48.5 Å². The Bertz CT molecular complexity index is 1180. The molecule has 3 aromatic rings. The minimum Gasteiger partial charge on any atom is -0.397 e. The summed E-state index contributed by atoms with van der Waals surface area (Å²) in [6, 6.07) is 20.8. The predicted molar refractivity (Wildman–Crippen MR) is 115 cm³/mol. The lowest BCUT2D eigenvalue weighted by molar-refractivity contribution is 0.0978. The maximum absolute atomic E-state index is 12.6. The summed E-state index contributed by atoms with van der Waals surface area (Å²) in [6.07, 6.45) is 1.33. The molecule has 4 rings (SSSR count). The van der Waals surface area contributed by atoms with Gasteiger partial charge in [0, 0.05) is 29.3 Å². The third kappa shape index (κ3) is 3.84. The van der Waals surface area contributed by atoms with Crippen molar-refractivity contribution in [2.45, 2.75) is 6.54 Å². The van der Waals surface area contributed by atoms with Gasteiger partial charge in [-0.15, -0.1) is 0 Å². The van der Waals surface area contributed by atoms with Crippen LogP contribution < -0.4 is 16.4 Å². The number of nitrogen functional groups attached to an aromatic ring is 1. The van der Waals surface area contributed by atoms with Crippen molar-refractivity contribution in [2.75, 3.05) is 11.1 Å². The van der Waals surface area contributed by atoms with Gasteiger partial charge in [-0.2, -0.15) is 0 Å². The Morgan fingerprint density at radius 2 is 1.50 bits per heavy atom. The third-order valence-corrected chi connectivity index (χ3v) is 4.87. The van der Waals surface area contributed by atoms with Crippen LogP contribution in [0.2, 0.25) is 0 Å². The fourth-order valence-electron chi connectivity index (χ4n) is 3.22. The maximum atomic E-state index is 12.6. The smallest absolute Gasteiger partial charge is 0.255 e. The Morgan fingerprint density at radius 3 is 2.23 bits per heavy atom. The summed E-state index contributed by atoms with van der Waals surface area (Å²) in [5.41, 5.74) is 9.34. The van der Waals surface area contributed by atoms with Gasteiger partial charge in [0.1, 0.15) is 0 Å². The first-order valence-corrected chi connectivity index (χ1v) is 9.41. The monoisotopic (exact) mass is 397 g/mol. The van der Waals surface area contributed by atoms with Crippen LogP contribution in [0.1, 0.15) is 36.6 Å². The maximum Gasteiger partial charge on any atom is 0.255 e. The van der Waals surface area contributed by atoms with Crippen LogP contribution in [0.4, 0.5) is 11.4 Å². The van der Waals surface area contributed by atoms with Gasteiger partial charge in [0.05, 0.1) is 17.1 Å². The van der Waals surface area contributed by atoms with Gasteiger partial charge in [-0.3, -0.25) is 14.4 Å². The minimum absolute atomic E-state index is 0.195. The van der Waals surface area contributed by atoms with E-state index in [0.717, 1.165) is 5.56 Å². The number of para-hydroxylation sites is 2. The molecular formula is C24H19N3O3. The van der Waals surface area contributed by atoms with Crippen molar-refractivity contribution in [3.63, 3.8) is 0 Å². The number of rotatable bonds is 5. The molecular weight excluding hydrogens is 378 g/mol. The summed E-state index contributed by atoms with van der Waals surface area (Å²) >= 11 is 0. The summed E-state index contributed by atoms with van der Waals surface area (Å²) in [4.78, 5) is 37.2. The molecule has 148 valence electrons. The molecule has 1 aliphatic carbocycles. The van der Waals surface area contributed by atoms with Gasteiger partial charge >= 0.3 is 0 Å². The molecule has 4 N–H and O–H groups in total. The number of hydrogen-bond acceptors (Lipinski definition) is 5. The lowest BCUT2D eigenvalue weighted by Gasteiger charge is -2.16. The van der Waals surface area contributed by atoms with E-state index in [4.69, 9.17) is 5.73 Å². The number of benzene rings is 3. The Labute approximate surface area is 173 Å². The number of Topliss-reactive ketones (excluding diaryl/α,β-unsaturated/α-hetero) is 1. The molecule has 1 aliphatic rings. The summed E-state index contributed by atoms with van der Waals surface area (Å²) < 4.78 is 0. The Balaban J connectivity index is 1.41. The normalized spacial score (nSPS) is 12.7. The van der Waals surface area contributed by atoms with Crippen molar-refractivity contribution in [2.24, 2.45) is 0 Å². The number of anilines is 2. The molecule has 0 radical (unpaired) electrons. The first kappa shape index (κ1) is 19.1. The van der Waals surface area contributed by atoms with Gasteiger partial charge < -0.3 is 16.4 Å². The molecule has 0 aliphatic heterocycles. The molecule has 0 atom stereocenters. The lowest BCUT2D eigenvalue weighted by Crippen LogP contribution is -2.26. The first-order valence-electron chi connectivity index (χ1n) is 9.41. The van der Waals surface area contributed by atoms with Crippen molar-refractivity contribution in [3.05, 3.63) is 107 Å². The van der Waals surface area contributed by atoms with Gasteiger partial charge in [0.25, 0.3) is 5.91 Å². The molecule has 0 unspecified atom stereocenters. The van der Waals surface area contributed by atoms with Crippen LogP contribution in [0.25, 0.3) is 0 Å². The molecule has 30 heavy (non-hydrogen) atoms. The average molecular weight is 397 g/mol. The molecule has 0 saturated carbocycles. The zero-order valence-corrected chi connectivity index (χ0v) is 16.0. The van der Waals surface area contributed by atoms with E-state index < -0.39 is 0 Å². The summed E-state index contributed by atoms with van der Waals surface area (Å²) in [6.45, 7) is 0.348. The molecule has 3 aromatic carbocycles. The second-order valence-electron chi connectivity index (χ2n) is 6.89. The van der Waals surface area contributed by atoms with Crippen LogP contribution in [0.3, 0.4) is 0 Å². The molecule has 0 fully saturated rings. The highest BCUT2D eigenvalue weighted by Gasteiger charge is 2.24. The van der Waals surface area contributed by atoms with Crippen LogP contribution in [0.5, 0.6) is 0 Å². The lowest BCUT2D eigenvalue weighted by atomic mass is 9.92. The van der Waals surface area contributed by atoms with Gasteiger partial charge in [0.15, 0.2) is 5.78 Å². The standard InChI is InChI=1S/C24H19N3O3/c25-19-7-3-4-8-20(19)27-24(30)16-11-9-15(10-12-16)14-26-21-13-22(28)17-5-1-2-6-18(17)23(21)29/h1-13,26H,14,25H2,(H,27,30). The highest BCUT2D eigenvalue weighted by atomic mass is 16.2. The minimum atomic E-state index is -0.264. The van der Waals surface area contributed by atoms with Crippen LogP contribution >= 0.6 is 0 Å². The SMILES string of the molecule is Nc1ccccc1NC(=O)c1ccc(CNC2=CC(=O)c3ccccc3C2=O)cc1. The number of carbonyl (C=O) groups is 3. The molecule has 0 saturated heterocycles. The van der Waals surface area contributed by atoms with Crippen LogP contribution in [-0.2, 0) is 6.54 Å². The summed E-state index contributed by atoms with van der Waals surface area (Å²) in [5.74, 6) is -0.665. The number of carbonyl (C=O) groups excluding carboxylic acids is 3. The zero-order chi connectivity index (χ0) is 21.1. The highest BCUT2D eigenvalue weighted by Crippen LogP contribution is 2.20. The fraction of sp³-hybridized carbons (Fsp3) is 0.0417.